The van der Waals surface area contributed by atoms with Crippen LogP contribution in [0.1, 0.15) is 20.3 Å². The molecule has 0 amide bonds. The fourth-order valence-electron chi connectivity index (χ4n) is 1.19. The summed E-state index contributed by atoms with van der Waals surface area (Å²) in [6.07, 6.45) is 0.846. The summed E-state index contributed by atoms with van der Waals surface area (Å²) in [4.78, 5) is 11.2. The van der Waals surface area contributed by atoms with E-state index in [0.717, 1.165) is 24.5 Å². The maximum atomic E-state index is 11.2. The molecule has 0 saturated heterocycles. The average Bonchev–Trinajstić information content (AvgIpc) is 2.31. The smallest absolute Gasteiger partial charge is 0.309 e. The highest BCUT2D eigenvalue weighted by atomic mass is 32.2. The minimum atomic E-state index is -0.173. The minimum absolute atomic E-state index is 0.118. The van der Waals surface area contributed by atoms with Crippen LogP contribution in [-0.4, -0.2) is 48.9 Å². The summed E-state index contributed by atoms with van der Waals surface area (Å²) in [6.45, 7) is 4.98. The van der Waals surface area contributed by atoms with Gasteiger partial charge in [0.05, 0.1) is 13.0 Å². The molecule has 0 aromatic heterocycles. The van der Waals surface area contributed by atoms with E-state index in [9.17, 15) is 4.79 Å². The Morgan fingerprint density at radius 2 is 2.12 bits per heavy atom. The van der Waals surface area contributed by atoms with Gasteiger partial charge in [0.1, 0.15) is 0 Å². The third-order valence-corrected chi connectivity index (χ3v) is 3.55. The predicted molar refractivity (Wildman–Crippen MR) is 67.7 cm³/mol. The molecule has 5 heteroatoms. The SMILES string of the molecule is COC(=O)C(C)C(C)NCCSCCCO. The Balaban J connectivity index is 3.49. The summed E-state index contributed by atoms with van der Waals surface area (Å²) in [6, 6.07) is 0.130. The van der Waals surface area contributed by atoms with Gasteiger partial charge >= 0.3 is 5.97 Å². The van der Waals surface area contributed by atoms with E-state index in [1.165, 1.54) is 7.11 Å². The van der Waals surface area contributed by atoms with Gasteiger partial charge in [-0.25, -0.2) is 0 Å². The molecule has 0 aromatic carbocycles. The molecular formula is C11H23NO3S. The fraction of sp³-hybridized carbons (Fsp3) is 0.909. The third kappa shape index (κ3) is 7.09. The van der Waals surface area contributed by atoms with Crippen molar-refractivity contribution >= 4 is 17.7 Å². The van der Waals surface area contributed by atoms with Crippen LogP contribution >= 0.6 is 11.8 Å². The van der Waals surface area contributed by atoms with Gasteiger partial charge in [0.2, 0.25) is 0 Å². The second kappa shape index (κ2) is 9.93. The van der Waals surface area contributed by atoms with Gasteiger partial charge in [-0.3, -0.25) is 4.79 Å². The molecule has 0 fully saturated rings. The Labute approximate surface area is 102 Å². The second-order valence-corrected chi connectivity index (χ2v) is 4.97. The molecule has 0 bridgehead atoms. The summed E-state index contributed by atoms with van der Waals surface area (Å²) in [5, 5.41) is 11.9. The molecule has 0 aliphatic rings. The van der Waals surface area contributed by atoms with Crippen molar-refractivity contribution in [2.24, 2.45) is 5.92 Å². The van der Waals surface area contributed by atoms with Crippen LogP contribution < -0.4 is 5.32 Å². The van der Waals surface area contributed by atoms with Crippen molar-refractivity contribution in [3.8, 4) is 0 Å². The zero-order valence-corrected chi connectivity index (χ0v) is 11.2. The summed E-state index contributed by atoms with van der Waals surface area (Å²) in [5.41, 5.74) is 0. The lowest BCUT2D eigenvalue weighted by Gasteiger charge is -2.19. The van der Waals surface area contributed by atoms with Crippen molar-refractivity contribution in [1.82, 2.24) is 5.32 Å². The largest absolute Gasteiger partial charge is 0.469 e. The highest BCUT2D eigenvalue weighted by Gasteiger charge is 2.19. The van der Waals surface area contributed by atoms with Gasteiger partial charge in [-0.2, -0.15) is 11.8 Å². The van der Waals surface area contributed by atoms with Crippen LogP contribution in [0.3, 0.4) is 0 Å². The van der Waals surface area contributed by atoms with E-state index in [4.69, 9.17) is 5.11 Å². The molecule has 0 aliphatic heterocycles. The van der Waals surface area contributed by atoms with Gasteiger partial charge in [-0.1, -0.05) is 6.92 Å². The van der Waals surface area contributed by atoms with Gasteiger partial charge in [0.25, 0.3) is 0 Å². The van der Waals surface area contributed by atoms with E-state index >= 15 is 0 Å². The number of aliphatic hydroxyl groups is 1. The van der Waals surface area contributed by atoms with Crippen LogP contribution in [0.15, 0.2) is 0 Å². The normalized spacial score (nSPS) is 14.5. The number of carbonyl (C=O) groups is 1. The number of ether oxygens (including phenoxy) is 1. The number of rotatable bonds is 9. The quantitative estimate of drug-likeness (QED) is 0.469. The van der Waals surface area contributed by atoms with Crippen LogP contribution in [0.4, 0.5) is 0 Å². The first-order valence-corrected chi connectivity index (χ1v) is 6.78. The van der Waals surface area contributed by atoms with Gasteiger partial charge in [0.15, 0.2) is 0 Å². The first-order chi connectivity index (χ1) is 7.63. The predicted octanol–water partition coefficient (Wildman–Crippen LogP) is 0.889. The molecule has 0 heterocycles. The summed E-state index contributed by atoms with van der Waals surface area (Å²) in [7, 11) is 1.41. The third-order valence-electron chi connectivity index (χ3n) is 2.48. The van der Waals surface area contributed by atoms with Crippen molar-refractivity contribution in [3.63, 3.8) is 0 Å². The Bertz CT molecular complexity index is 190. The first-order valence-electron chi connectivity index (χ1n) is 5.63. The average molecular weight is 249 g/mol. The van der Waals surface area contributed by atoms with E-state index in [1.807, 2.05) is 25.6 Å². The van der Waals surface area contributed by atoms with Crippen molar-refractivity contribution in [2.75, 3.05) is 31.8 Å². The first kappa shape index (κ1) is 15.7. The van der Waals surface area contributed by atoms with Crippen molar-refractivity contribution in [1.29, 1.82) is 0 Å². The fourth-order valence-corrected chi connectivity index (χ4v) is 1.99. The molecule has 2 atom stereocenters. The summed E-state index contributed by atoms with van der Waals surface area (Å²) in [5.74, 6) is 1.69. The standard InChI is InChI=1S/C11H23NO3S/c1-9(11(14)15-3)10(2)12-5-8-16-7-4-6-13/h9-10,12-13H,4-8H2,1-3H3. The topological polar surface area (TPSA) is 58.6 Å². The molecule has 0 spiro atoms. The number of hydrogen-bond acceptors (Lipinski definition) is 5. The van der Waals surface area contributed by atoms with E-state index < -0.39 is 0 Å². The lowest BCUT2D eigenvalue weighted by molar-refractivity contribution is -0.145. The lowest BCUT2D eigenvalue weighted by atomic mass is 10.0. The van der Waals surface area contributed by atoms with Crippen LogP contribution in [0.25, 0.3) is 0 Å². The highest BCUT2D eigenvalue weighted by Crippen LogP contribution is 2.05. The Kier molecular flexibility index (Phi) is 9.77. The Morgan fingerprint density at radius 1 is 1.44 bits per heavy atom. The molecule has 2 N–H and O–H groups in total. The summed E-state index contributed by atoms with van der Waals surface area (Å²) >= 11 is 1.81. The van der Waals surface area contributed by atoms with Crippen LogP contribution in [0.2, 0.25) is 0 Å². The Morgan fingerprint density at radius 3 is 2.69 bits per heavy atom. The van der Waals surface area contributed by atoms with E-state index in [0.29, 0.717) is 0 Å². The number of nitrogens with one attached hydrogen (secondary N) is 1. The van der Waals surface area contributed by atoms with Crippen LogP contribution in [0, 0.1) is 5.92 Å². The molecule has 96 valence electrons. The van der Waals surface area contributed by atoms with Crippen LogP contribution in [-0.2, 0) is 9.53 Å². The number of carbonyl (C=O) groups excluding carboxylic acids is 1. The minimum Gasteiger partial charge on any atom is -0.469 e. The molecule has 16 heavy (non-hydrogen) atoms. The van der Waals surface area contributed by atoms with Gasteiger partial charge < -0.3 is 15.2 Å². The zero-order chi connectivity index (χ0) is 12.4. The number of thioether (sulfide) groups is 1. The van der Waals surface area contributed by atoms with Crippen molar-refractivity contribution in [3.05, 3.63) is 0 Å². The molecule has 0 aromatic rings. The lowest BCUT2D eigenvalue weighted by Crippen LogP contribution is -2.37. The summed E-state index contributed by atoms with van der Waals surface area (Å²) < 4.78 is 4.68. The molecule has 2 unspecified atom stereocenters. The molecule has 0 saturated carbocycles. The zero-order valence-electron chi connectivity index (χ0n) is 10.4. The van der Waals surface area contributed by atoms with Gasteiger partial charge in [0, 0.05) is 24.9 Å². The number of methoxy groups -OCH3 is 1. The van der Waals surface area contributed by atoms with Crippen molar-refractivity contribution < 1.29 is 14.6 Å². The molecule has 0 radical (unpaired) electrons. The number of hydrogen-bond donors (Lipinski definition) is 2. The number of esters is 1. The van der Waals surface area contributed by atoms with E-state index in [2.05, 4.69) is 10.1 Å². The Hall–Kier alpha value is -0.260. The van der Waals surface area contributed by atoms with Gasteiger partial charge in [-0.05, 0) is 19.1 Å². The van der Waals surface area contributed by atoms with E-state index in [1.54, 1.807) is 0 Å². The maximum absolute atomic E-state index is 11.2. The molecule has 0 aliphatic carbocycles. The number of aliphatic hydroxyl groups excluding tert-OH is 1. The van der Waals surface area contributed by atoms with Gasteiger partial charge in [-0.15, -0.1) is 0 Å². The van der Waals surface area contributed by atoms with Crippen LogP contribution in [0.5, 0.6) is 0 Å². The highest BCUT2D eigenvalue weighted by molar-refractivity contribution is 7.99. The maximum Gasteiger partial charge on any atom is 0.309 e. The molecule has 0 rings (SSSR count). The second-order valence-electron chi connectivity index (χ2n) is 3.74. The molecular weight excluding hydrogens is 226 g/mol. The monoisotopic (exact) mass is 249 g/mol. The molecule has 4 nitrogen and oxygen atoms in total. The van der Waals surface area contributed by atoms with Crippen molar-refractivity contribution in [2.45, 2.75) is 26.3 Å². The van der Waals surface area contributed by atoms with E-state index in [-0.39, 0.29) is 24.5 Å².